The van der Waals surface area contributed by atoms with Gasteiger partial charge in [-0.2, -0.15) is 0 Å². The monoisotopic (exact) mass is 412 g/mol. The Morgan fingerprint density at radius 3 is 2.31 bits per heavy atom. The van der Waals surface area contributed by atoms with Gasteiger partial charge in [0.1, 0.15) is 11.9 Å². The molecule has 2 aromatic carbocycles. The number of carbonyl (C=O) groups is 2. The average Bonchev–Trinajstić information content (AvgIpc) is 3.20. The molecule has 3 rings (SSSR count). The number of anilines is 1. The van der Waals surface area contributed by atoms with Gasteiger partial charge in [-0.25, -0.2) is 4.39 Å². The van der Waals surface area contributed by atoms with E-state index in [1.807, 2.05) is 26.8 Å². The number of carbonyl (C=O) groups excluding carboxylic acids is 2. The largest absolute Gasteiger partial charge is 0.349 e. The van der Waals surface area contributed by atoms with Crippen molar-refractivity contribution in [2.24, 2.45) is 0 Å². The lowest BCUT2D eigenvalue weighted by Gasteiger charge is -2.33. The van der Waals surface area contributed by atoms with E-state index >= 15 is 0 Å². The number of amides is 2. The van der Waals surface area contributed by atoms with Crippen LogP contribution in [0.3, 0.4) is 0 Å². The van der Waals surface area contributed by atoms with Gasteiger partial charge in [0, 0.05) is 10.9 Å². The summed E-state index contributed by atoms with van der Waals surface area (Å²) in [4.78, 5) is 27.8. The van der Waals surface area contributed by atoms with E-state index in [1.165, 1.54) is 23.6 Å². The normalized spacial score (nSPS) is 12.3. The van der Waals surface area contributed by atoms with Crippen LogP contribution in [0.1, 0.15) is 42.9 Å². The van der Waals surface area contributed by atoms with Gasteiger partial charge in [0.05, 0.1) is 5.69 Å². The molecule has 1 N–H and O–H groups in total. The molecular weight excluding hydrogens is 391 g/mol. The molecule has 3 aromatic rings. The number of nitrogens with one attached hydrogen (secondary N) is 1. The predicted octanol–water partition coefficient (Wildman–Crippen LogP) is 3.98. The third-order valence-corrected chi connectivity index (χ3v) is 4.53. The zero-order valence-electron chi connectivity index (χ0n) is 16.3. The van der Waals surface area contributed by atoms with Crippen LogP contribution in [0.15, 0.2) is 60.0 Å². The molecule has 0 fully saturated rings. The van der Waals surface area contributed by atoms with Gasteiger partial charge in [-0.05, 0) is 50.0 Å². The van der Waals surface area contributed by atoms with Crippen molar-refractivity contribution in [3.8, 4) is 0 Å². The van der Waals surface area contributed by atoms with Crippen LogP contribution >= 0.6 is 11.5 Å². The van der Waals surface area contributed by atoms with Crippen LogP contribution in [0.5, 0.6) is 0 Å². The van der Waals surface area contributed by atoms with Crippen molar-refractivity contribution >= 4 is 29.0 Å². The van der Waals surface area contributed by atoms with Crippen molar-refractivity contribution in [1.82, 2.24) is 14.9 Å². The van der Waals surface area contributed by atoms with E-state index in [2.05, 4.69) is 14.9 Å². The van der Waals surface area contributed by atoms with E-state index in [0.29, 0.717) is 5.56 Å². The third kappa shape index (κ3) is 4.83. The van der Waals surface area contributed by atoms with Crippen LogP contribution in [0, 0.1) is 5.82 Å². The van der Waals surface area contributed by atoms with E-state index < -0.39 is 29.2 Å². The van der Waals surface area contributed by atoms with Crippen molar-refractivity contribution < 1.29 is 14.0 Å². The SMILES string of the molecule is CC(C)(C)NC(=O)C(c1ccccc1)N(C(=O)c1csnn1)c1ccccc1F. The molecule has 0 aliphatic rings. The van der Waals surface area contributed by atoms with Crippen LogP contribution in [0.2, 0.25) is 0 Å². The number of para-hydroxylation sites is 1. The molecular formula is C21H21FN4O2S. The minimum absolute atomic E-state index is 0.0107. The zero-order valence-corrected chi connectivity index (χ0v) is 17.1. The maximum absolute atomic E-state index is 14.8. The highest BCUT2D eigenvalue weighted by Gasteiger charge is 2.36. The van der Waals surface area contributed by atoms with E-state index in [9.17, 15) is 14.0 Å². The van der Waals surface area contributed by atoms with Crippen LogP contribution in [0.4, 0.5) is 10.1 Å². The highest BCUT2D eigenvalue weighted by molar-refractivity contribution is 7.03. The molecule has 8 heteroatoms. The van der Waals surface area contributed by atoms with Crippen LogP contribution < -0.4 is 10.2 Å². The molecule has 150 valence electrons. The summed E-state index contributed by atoms with van der Waals surface area (Å²) in [5.41, 5.74) is 0.0381. The Morgan fingerprint density at radius 1 is 1.07 bits per heavy atom. The quantitative estimate of drug-likeness (QED) is 0.688. The Morgan fingerprint density at radius 2 is 1.72 bits per heavy atom. The first-order valence-electron chi connectivity index (χ1n) is 9.00. The number of hydrogen-bond donors (Lipinski definition) is 1. The van der Waals surface area contributed by atoms with Gasteiger partial charge in [-0.1, -0.05) is 47.0 Å². The lowest BCUT2D eigenvalue weighted by atomic mass is 10.0. The second-order valence-electron chi connectivity index (χ2n) is 7.47. The fourth-order valence-electron chi connectivity index (χ4n) is 2.89. The lowest BCUT2D eigenvalue weighted by Crippen LogP contribution is -2.49. The zero-order chi connectivity index (χ0) is 21.0. The summed E-state index contributed by atoms with van der Waals surface area (Å²) < 4.78 is 18.5. The molecule has 2 amide bonds. The fourth-order valence-corrected chi connectivity index (χ4v) is 3.32. The van der Waals surface area contributed by atoms with Crippen molar-refractivity contribution in [3.05, 3.63) is 77.1 Å². The van der Waals surface area contributed by atoms with E-state index in [1.54, 1.807) is 30.3 Å². The molecule has 1 aromatic heterocycles. The summed E-state index contributed by atoms with van der Waals surface area (Å²) in [6.45, 7) is 5.52. The molecule has 29 heavy (non-hydrogen) atoms. The number of halogens is 1. The summed E-state index contributed by atoms with van der Waals surface area (Å²) in [5.74, 6) is -1.65. The number of rotatable bonds is 5. The van der Waals surface area contributed by atoms with Gasteiger partial charge in [0.15, 0.2) is 5.69 Å². The molecule has 6 nitrogen and oxygen atoms in total. The molecule has 0 saturated heterocycles. The average molecular weight is 412 g/mol. The molecule has 0 aliphatic heterocycles. The Hall–Kier alpha value is -3.13. The van der Waals surface area contributed by atoms with Gasteiger partial charge < -0.3 is 5.32 Å². The van der Waals surface area contributed by atoms with Crippen molar-refractivity contribution in [1.29, 1.82) is 0 Å². The number of hydrogen-bond acceptors (Lipinski definition) is 5. The van der Waals surface area contributed by atoms with Crippen LogP contribution in [-0.4, -0.2) is 26.9 Å². The van der Waals surface area contributed by atoms with E-state index in [-0.39, 0.29) is 11.4 Å². The van der Waals surface area contributed by atoms with Crippen LogP contribution in [-0.2, 0) is 4.79 Å². The smallest absolute Gasteiger partial charge is 0.280 e. The van der Waals surface area contributed by atoms with Gasteiger partial charge in [-0.15, -0.1) is 5.10 Å². The lowest BCUT2D eigenvalue weighted by molar-refractivity contribution is -0.123. The van der Waals surface area contributed by atoms with Crippen molar-refractivity contribution in [2.75, 3.05) is 4.90 Å². The molecule has 0 spiro atoms. The standard InChI is InChI=1S/C21H21FN4O2S/c1-21(2,3)23-19(27)18(14-9-5-4-6-10-14)26(17-12-8-7-11-15(17)22)20(28)16-13-29-25-24-16/h4-13,18H,1-3H3,(H,23,27). The summed E-state index contributed by atoms with van der Waals surface area (Å²) in [6, 6.07) is 13.6. The Kier molecular flexibility index (Phi) is 6.03. The summed E-state index contributed by atoms with van der Waals surface area (Å²) >= 11 is 1.01. The molecule has 0 aliphatic carbocycles. The summed E-state index contributed by atoms with van der Waals surface area (Å²) in [7, 11) is 0. The first kappa shape index (κ1) is 20.6. The second-order valence-corrected chi connectivity index (χ2v) is 8.08. The molecule has 0 bridgehead atoms. The highest BCUT2D eigenvalue weighted by atomic mass is 32.1. The van der Waals surface area contributed by atoms with Gasteiger partial charge >= 0.3 is 0 Å². The predicted molar refractivity (Wildman–Crippen MR) is 110 cm³/mol. The van der Waals surface area contributed by atoms with Crippen molar-refractivity contribution in [2.45, 2.75) is 32.4 Å². The Labute approximate surface area is 172 Å². The van der Waals surface area contributed by atoms with Crippen LogP contribution in [0.25, 0.3) is 0 Å². The summed E-state index contributed by atoms with van der Waals surface area (Å²) in [5, 5.41) is 8.20. The second kappa shape index (κ2) is 8.48. The Bertz CT molecular complexity index is 987. The number of nitrogens with zero attached hydrogens (tertiary/aromatic N) is 3. The van der Waals surface area contributed by atoms with Gasteiger partial charge in [-0.3, -0.25) is 14.5 Å². The minimum Gasteiger partial charge on any atom is -0.349 e. The Balaban J connectivity index is 2.18. The first-order chi connectivity index (χ1) is 13.8. The summed E-state index contributed by atoms with van der Waals surface area (Å²) in [6.07, 6.45) is 0. The first-order valence-corrected chi connectivity index (χ1v) is 9.84. The maximum atomic E-state index is 14.8. The molecule has 0 radical (unpaired) electrons. The maximum Gasteiger partial charge on any atom is 0.280 e. The highest BCUT2D eigenvalue weighted by Crippen LogP contribution is 2.31. The number of benzene rings is 2. The minimum atomic E-state index is -1.10. The fraction of sp³-hybridized carbons (Fsp3) is 0.238. The molecule has 1 unspecified atom stereocenters. The van der Waals surface area contributed by atoms with E-state index in [4.69, 9.17) is 0 Å². The third-order valence-electron chi connectivity index (χ3n) is 4.03. The van der Waals surface area contributed by atoms with Gasteiger partial charge in [0.2, 0.25) is 5.91 Å². The molecule has 1 heterocycles. The number of aromatic nitrogens is 2. The molecule has 1 atom stereocenters. The van der Waals surface area contributed by atoms with Gasteiger partial charge in [0.25, 0.3) is 5.91 Å². The van der Waals surface area contributed by atoms with Crippen molar-refractivity contribution in [3.63, 3.8) is 0 Å². The topological polar surface area (TPSA) is 75.2 Å². The molecule has 0 saturated carbocycles. The van der Waals surface area contributed by atoms with E-state index in [0.717, 1.165) is 16.4 Å².